The van der Waals surface area contributed by atoms with Crippen LogP contribution in [0.1, 0.15) is 6.42 Å². The maximum Gasteiger partial charge on any atom is 0.247 e. The first kappa shape index (κ1) is 18.6. The molecule has 0 aliphatic carbocycles. The van der Waals surface area contributed by atoms with Crippen LogP contribution < -0.4 is 10.2 Å². The highest BCUT2D eigenvalue weighted by molar-refractivity contribution is 9.10. The molecular weight excluding hydrogens is 423 g/mol. The quantitative estimate of drug-likeness (QED) is 0.727. The molecule has 1 saturated heterocycles. The summed E-state index contributed by atoms with van der Waals surface area (Å²) in [5, 5.41) is 1.96. The van der Waals surface area contributed by atoms with Crippen molar-refractivity contribution in [3.05, 3.63) is 58.8 Å². The zero-order chi connectivity index (χ0) is 18.7. The van der Waals surface area contributed by atoms with E-state index in [4.69, 9.17) is 0 Å². The number of benzene rings is 2. The number of hydrogen-bond donors (Lipinski definition) is 1. The Bertz CT molecular complexity index is 860. The second kappa shape index (κ2) is 8.01. The van der Waals surface area contributed by atoms with Gasteiger partial charge in [-0.1, -0.05) is 22.0 Å². The first-order chi connectivity index (χ1) is 12.4. The molecule has 1 heterocycles. The van der Waals surface area contributed by atoms with Crippen molar-refractivity contribution in [2.45, 2.75) is 11.7 Å². The van der Waals surface area contributed by atoms with Gasteiger partial charge in [-0.3, -0.25) is 14.4 Å². The molecule has 1 aliphatic heterocycles. The molecule has 8 heteroatoms. The van der Waals surface area contributed by atoms with E-state index >= 15 is 0 Å². The monoisotopic (exact) mass is 436 g/mol. The van der Waals surface area contributed by atoms with Crippen LogP contribution in [0.4, 0.5) is 15.8 Å². The molecule has 2 aromatic rings. The standard InChI is InChI=1S/C18H14BrFN2O3S/c19-11-4-6-14(7-5-11)22-17(24)9-15(18(22)25)26-10-16(23)21-13-3-1-2-12(20)8-13/h1-8,15H,9-10H2,(H,21,23). The van der Waals surface area contributed by atoms with Crippen molar-refractivity contribution in [3.63, 3.8) is 0 Å². The summed E-state index contributed by atoms with van der Waals surface area (Å²) in [6.45, 7) is 0. The molecule has 1 fully saturated rings. The van der Waals surface area contributed by atoms with Gasteiger partial charge in [0.1, 0.15) is 5.82 Å². The van der Waals surface area contributed by atoms with Crippen molar-refractivity contribution in [1.82, 2.24) is 0 Å². The fraction of sp³-hybridized carbons (Fsp3) is 0.167. The van der Waals surface area contributed by atoms with Crippen LogP contribution in [-0.2, 0) is 14.4 Å². The Morgan fingerprint density at radius 2 is 1.96 bits per heavy atom. The van der Waals surface area contributed by atoms with Crippen molar-refractivity contribution in [2.24, 2.45) is 0 Å². The molecule has 0 aromatic heterocycles. The molecule has 1 atom stereocenters. The van der Waals surface area contributed by atoms with Crippen LogP contribution in [0.3, 0.4) is 0 Å². The minimum Gasteiger partial charge on any atom is -0.325 e. The maximum absolute atomic E-state index is 13.1. The number of nitrogens with zero attached hydrogens (tertiary/aromatic N) is 1. The fourth-order valence-electron chi connectivity index (χ4n) is 2.54. The lowest BCUT2D eigenvalue weighted by atomic mass is 10.3. The summed E-state index contributed by atoms with van der Waals surface area (Å²) in [5.74, 6) is -1.43. The van der Waals surface area contributed by atoms with Gasteiger partial charge in [0.05, 0.1) is 16.7 Å². The molecule has 0 spiro atoms. The van der Waals surface area contributed by atoms with Gasteiger partial charge in [-0.15, -0.1) is 11.8 Å². The van der Waals surface area contributed by atoms with E-state index in [2.05, 4.69) is 21.2 Å². The molecule has 3 rings (SSSR count). The third kappa shape index (κ3) is 4.31. The van der Waals surface area contributed by atoms with E-state index in [1.54, 1.807) is 30.3 Å². The average molecular weight is 437 g/mol. The van der Waals surface area contributed by atoms with Gasteiger partial charge in [-0.05, 0) is 42.5 Å². The molecule has 2 aromatic carbocycles. The number of imide groups is 1. The Kier molecular flexibility index (Phi) is 5.73. The van der Waals surface area contributed by atoms with E-state index in [1.807, 2.05) is 0 Å². The van der Waals surface area contributed by atoms with E-state index in [1.165, 1.54) is 18.2 Å². The zero-order valence-electron chi connectivity index (χ0n) is 13.4. The number of amides is 3. The van der Waals surface area contributed by atoms with Crippen molar-refractivity contribution in [2.75, 3.05) is 16.0 Å². The van der Waals surface area contributed by atoms with Crippen LogP contribution in [0.25, 0.3) is 0 Å². The number of thioether (sulfide) groups is 1. The summed E-state index contributed by atoms with van der Waals surface area (Å²) in [6.07, 6.45) is 0.0484. The van der Waals surface area contributed by atoms with Gasteiger partial charge >= 0.3 is 0 Å². The topological polar surface area (TPSA) is 66.5 Å². The molecule has 3 amide bonds. The summed E-state index contributed by atoms with van der Waals surface area (Å²) in [6, 6.07) is 12.4. The van der Waals surface area contributed by atoms with E-state index in [0.717, 1.165) is 21.1 Å². The van der Waals surface area contributed by atoms with Gasteiger partial charge in [-0.25, -0.2) is 9.29 Å². The highest BCUT2D eigenvalue weighted by atomic mass is 79.9. The van der Waals surface area contributed by atoms with Gasteiger partial charge in [-0.2, -0.15) is 0 Å². The highest BCUT2D eigenvalue weighted by Crippen LogP contribution is 2.30. The van der Waals surface area contributed by atoms with Gasteiger partial charge in [0.25, 0.3) is 0 Å². The number of halogens is 2. The Labute approximate surface area is 162 Å². The first-order valence-corrected chi connectivity index (χ1v) is 9.57. The minimum absolute atomic E-state index is 0.00558. The van der Waals surface area contributed by atoms with Gasteiger partial charge < -0.3 is 5.32 Å². The van der Waals surface area contributed by atoms with Gasteiger partial charge in [0.15, 0.2) is 0 Å². The van der Waals surface area contributed by atoms with Crippen molar-refractivity contribution >= 4 is 56.8 Å². The minimum atomic E-state index is -0.607. The summed E-state index contributed by atoms with van der Waals surface area (Å²) in [5.41, 5.74) is 0.858. The molecule has 26 heavy (non-hydrogen) atoms. The number of nitrogens with one attached hydrogen (secondary N) is 1. The van der Waals surface area contributed by atoms with Crippen molar-refractivity contribution in [1.29, 1.82) is 0 Å². The lowest BCUT2D eigenvalue weighted by molar-refractivity contribution is -0.121. The third-order valence-corrected chi connectivity index (χ3v) is 5.44. The van der Waals surface area contributed by atoms with Crippen molar-refractivity contribution < 1.29 is 18.8 Å². The number of carbonyl (C=O) groups is 3. The summed E-state index contributed by atoms with van der Waals surface area (Å²) < 4.78 is 14.0. The second-order valence-corrected chi connectivity index (χ2v) is 7.71. The SMILES string of the molecule is O=C(CSC1CC(=O)N(c2ccc(Br)cc2)C1=O)Nc1cccc(F)c1. The van der Waals surface area contributed by atoms with Crippen molar-refractivity contribution in [3.8, 4) is 0 Å². The lowest BCUT2D eigenvalue weighted by Gasteiger charge is -2.15. The Morgan fingerprint density at radius 1 is 1.23 bits per heavy atom. The molecule has 134 valence electrons. The average Bonchev–Trinajstić information content (AvgIpc) is 2.88. The molecule has 1 aliphatic rings. The fourth-order valence-corrected chi connectivity index (χ4v) is 3.73. The van der Waals surface area contributed by atoms with E-state index in [9.17, 15) is 18.8 Å². The van der Waals surface area contributed by atoms with Crippen LogP contribution in [-0.4, -0.2) is 28.7 Å². The van der Waals surface area contributed by atoms with Crippen LogP contribution in [0.15, 0.2) is 53.0 Å². The summed E-state index contributed by atoms with van der Waals surface area (Å²) >= 11 is 4.41. The zero-order valence-corrected chi connectivity index (χ0v) is 15.8. The predicted molar refractivity (Wildman–Crippen MR) is 103 cm³/mol. The smallest absolute Gasteiger partial charge is 0.247 e. The van der Waals surface area contributed by atoms with Gasteiger partial charge in [0.2, 0.25) is 17.7 Å². The second-order valence-electron chi connectivity index (χ2n) is 5.61. The summed E-state index contributed by atoms with van der Waals surface area (Å²) in [7, 11) is 0. The Morgan fingerprint density at radius 3 is 2.65 bits per heavy atom. The number of hydrogen-bond acceptors (Lipinski definition) is 4. The van der Waals surface area contributed by atoms with Crippen LogP contribution in [0, 0.1) is 5.82 Å². The number of anilines is 2. The van der Waals surface area contributed by atoms with Crippen LogP contribution >= 0.6 is 27.7 Å². The molecule has 0 bridgehead atoms. The maximum atomic E-state index is 13.1. The molecule has 1 unspecified atom stereocenters. The molecule has 0 saturated carbocycles. The Balaban J connectivity index is 1.59. The van der Waals surface area contributed by atoms with Crippen LogP contribution in [0.2, 0.25) is 0 Å². The predicted octanol–water partition coefficient (Wildman–Crippen LogP) is 3.59. The van der Waals surface area contributed by atoms with E-state index in [0.29, 0.717) is 11.4 Å². The first-order valence-electron chi connectivity index (χ1n) is 7.73. The van der Waals surface area contributed by atoms with Gasteiger partial charge in [0, 0.05) is 16.6 Å². The number of carbonyl (C=O) groups excluding carboxylic acids is 3. The summed E-state index contributed by atoms with van der Waals surface area (Å²) in [4.78, 5) is 37.8. The molecule has 5 nitrogen and oxygen atoms in total. The Hall–Kier alpha value is -2.19. The van der Waals surface area contributed by atoms with E-state index in [-0.39, 0.29) is 29.9 Å². The molecular formula is C18H14BrFN2O3S. The lowest BCUT2D eigenvalue weighted by Crippen LogP contribution is -2.31. The highest BCUT2D eigenvalue weighted by Gasteiger charge is 2.40. The molecule has 0 radical (unpaired) electrons. The largest absolute Gasteiger partial charge is 0.325 e. The van der Waals surface area contributed by atoms with E-state index < -0.39 is 11.1 Å². The normalized spacial score (nSPS) is 16.8. The number of rotatable bonds is 5. The third-order valence-electron chi connectivity index (χ3n) is 3.71. The van der Waals surface area contributed by atoms with Crippen LogP contribution in [0.5, 0.6) is 0 Å². The molecule has 1 N–H and O–H groups in total.